The van der Waals surface area contributed by atoms with E-state index < -0.39 is 11.5 Å². The summed E-state index contributed by atoms with van der Waals surface area (Å²) in [5.41, 5.74) is 2.45. The molecule has 1 amide bonds. The third kappa shape index (κ3) is 17.1. The van der Waals surface area contributed by atoms with Crippen LogP contribution in [0, 0.1) is 24.1 Å². The third-order valence-electron chi connectivity index (χ3n) is 4.90. The largest absolute Gasteiger partial charge is 1.00 e. The molecule has 0 bridgehead atoms. The number of rotatable bonds is 6. The molecule has 0 radical (unpaired) electrons. The molecular formula is C32H52NNaO4-2. The monoisotopic (exact) mass is 537 g/mol. The minimum atomic E-state index is -0.533. The number of amides is 1. The summed E-state index contributed by atoms with van der Waals surface area (Å²) in [5.74, 6) is -0.0669. The molecule has 0 saturated carbocycles. The summed E-state index contributed by atoms with van der Waals surface area (Å²) in [6, 6.07) is 11.1. The SMILES string of the molecule is CC.CC.CC(C)c1cc[c-]cc1.CC[C-]=C(C1=[C-]CCN(C(=O)OC(C)(C)C)C1)C(C)C(=O)OCC.[Na+]. The van der Waals surface area contributed by atoms with E-state index in [0.29, 0.717) is 38.5 Å². The maximum atomic E-state index is 12.3. The number of nitrogens with zero attached hydrogens (tertiary/aromatic N) is 1. The van der Waals surface area contributed by atoms with Crippen molar-refractivity contribution in [2.75, 3.05) is 19.7 Å². The van der Waals surface area contributed by atoms with Crippen LogP contribution in [-0.2, 0) is 14.3 Å². The van der Waals surface area contributed by atoms with E-state index in [1.54, 1.807) is 18.7 Å². The summed E-state index contributed by atoms with van der Waals surface area (Å²) in [7, 11) is 0. The molecule has 5 nitrogen and oxygen atoms in total. The normalized spacial score (nSPS) is 13.6. The number of hydrogen-bond donors (Lipinski definition) is 0. The molecule has 1 heterocycles. The second-order valence-electron chi connectivity index (χ2n) is 9.21. The first-order valence-electron chi connectivity index (χ1n) is 13.8. The van der Waals surface area contributed by atoms with Crippen molar-refractivity contribution in [2.45, 2.75) is 107 Å². The first kappa shape index (κ1) is 40.9. The average Bonchev–Trinajstić information content (AvgIpc) is 2.89. The fraction of sp³-hybridized carbons (Fsp3) is 0.625. The van der Waals surface area contributed by atoms with Crippen molar-refractivity contribution in [1.29, 1.82) is 0 Å². The molecule has 1 atom stereocenters. The van der Waals surface area contributed by atoms with Crippen LogP contribution in [0.5, 0.6) is 0 Å². The van der Waals surface area contributed by atoms with E-state index in [0.717, 1.165) is 11.1 Å². The molecule has 0 saturated heterocycles. The molecule has 0 aliphatic carbocycles. The van der Waals surface area contributed by atoms with Crippen molar-refractivity contribution < 1.29 is 48.6 Å². The summed E-state index contributed by atoms with van der Waals surface area (Å²) in [5, 5.41) is 0. The van der Waals surface area contributed by atoms with Crippen molar-refractivity contribution >= 4 is 12.1 Å². The predicted octanol–water partition coefficient (Wildman–Crippen LogP) is 5.36. The molecule has 1 aromatic rings. The topological polar surface area (TPSA) is 55.8 Å². The summed E-state index contributed by atoms with van der Waals surface area (Å²) in [4.78, 5) is 26.0. The number of carbonyl (C=O) groups is 2. The van der Waals surface area contributed by atoms with E-state index in [2.05, 4.69) is 44.2 Å². The van der Waals surface area contributed by atoms with Crippen LogP contribution in [0.3, 0.4) is 0 Å². The molecule has 0 spiro atoms. The van der Waals surface area contributed by atoms with Crippen LogP contribution < -0.4 is 29.6 Å². The van der Waals surface area contributed by atoms with E-state index in [9.17, 15) is 9.59 Å². The van der Waals surface area contributed by atoms with Gasteiger partial charge < -0.3 is 37.7 Å². The molecule has 1 aliphatic rings. The van der Waals surface area contributed by atoms with E-state index in [1.165, 1.54) is 5.56 Å². The summed E-state index contributed by atoms with van der Waals surface area (Å²) >= 11 is 0. The smallest absolute Gasteiger partial charge is 0.467 e. The quantitative estimate of drug-likeness (QED) is 0.278. The van der Waals surface area contributed by atoms with Crippen molar-refractivity contribution in [3.8, 4) is 0 Å². The zero-order valence-electron chi connectivity index (χ0n) is 26.6. The predicted molar refractivity (Wildman–Crippen MR) is 154 cm³/mol. The fourth-order valence-corrected chi connectivity index (χ4v) is 3.21. The third-order valence-corrected chi connectivity index (χ3v) is 4.90. The van der Waals surface area contributed by atoms with Gasteiger partial charge in [-0.25, -0.2) is 4.79 Å². The Morgan fingerprint density at radius 2 is 1.61 bits per heavy atom. The number of allylic oxidation sites excluding steroid dienone is 1. The van der Waals surface area contributed by atoms with Gasteiger partial charge in [0.15, 0.2) is 0 Å². The van der Waals surface area contributed by atoms with Gasteiger partial charge in [0.1, 0.15) is 5.60 Å². The van der Waals surface area contributed by atoms with Crippen molar-refractivity contribution in [1.82, 2.24) is 4.90 Å². The minimum Gasteiger partial charge on any atom is -0.467 e. The van der Waals surface area contributed by atoms with Gasteiger partial charge in [0.05, 0.1) is 6.61 Å². The van der Waals surface area contributed by atoms with E-state index in [-0.39, 0.29) is 41.6 Å². The Bertz CT molecular complexity index is 810. The van der Waals surface area contributed by atoms with Gasteiger partial charge >= 0.3 is 35.7 Å². The van der Waals surface area contributed by atoms with Gasteiger partial charge in [0, 0.05) is 6.54 Å². The number of carbonyl (C=O) groups excluding carboxylic acids is 2. The van der Waals surface area contributed by atoms with Crippen molar-refractivity contribution in [3.63, 3.8) is 0 Å². The Labute approximate surface area is 256 Å². The maximum Gasteiger partial charge on any atom is 1.00 e. The van der Waals surface area contributed by atoms with Crippen LogP contribution in [-0.4, -0.2) is 42.3 Å². The Kier molecular flexibility index (Phi) is 25.1. The zero-order chi connectivity index (χ0) is 29.0. The number of esters is 1. The molecule has 1 aromatic carbocycles. The second kappa shape index (κ2) is 23.3. The summed E-state index contributed by atoms with van der Waals surface area (Å²) < 4.78 is 10.6. The molecule has 0 N–H and O–H groups in total. The fourth-order valence-electron chi connectivity index (χ4n) is 3.21. The molecule has 1 aliphatic heterocycles. The average molecular weight is 538 g/mol. The summed E-state index contributed by atoms with van der Waals surface area (Å²) in [6.07, 6.45) is 7.47. The Hall–Kier alpha value is -1.56. The Morgan fingerprint density at radius 3 is 2.03 bits per heavy atom. The van der Waals surface area contributed by atoms with Crippen LogP contribution in [0.15, 0.2) is 35.4 Å². The van der Waals surface area contributed by atoms with Crippen LogP contribution >= 0.6 is 0 Å². The van der Waals surface area contributed by atoms with Gasteiger partial charge in [-0.05, 0) is 46.1 Å². The second-order valence-corrected chi connectivity index (χ2v) is 9.21. The maximum absolute atomic E-state index is 12.3. The summed E-state index contributed by atoms with van der Waals surface area (Å²) in [6.45, 7) is 24.7. The zero-order valence-corrected chi connectivity index (χ0v) is 28.6. The minimum absolute atomic E-state index is 0. The van der Waals surface area contributed by atoms with Gasteiger partial charge in [0.2, 0.25) is 0 Å². The molecule has 212 valence electrons. The number of hydrogen-bond acceptors (Lipinski definition) is 4. The van der Waals surface area contributed by atoms with Crippen LogP contribution in [0.2, 0.25) is 0 Å². The Balaban J connectivity index is -0.000000728. The molecule has 1 unspecified atom stereocenters. The van der Waals surface area contributed by atoms with Crippen LogP contribution in [0.1, 0.15) is 107 Å². The first-order valence-corrected chi connectivity index (χ1v) is 13.8. The van der Waals surface area contributed by atoms with Crippen LogP contribution in [0.4, 0.5) is 4.79 Å². The van der Waals surface area contributed by atoms with Gasteiger partial charge in [0.25, 0.3) is 5.97 Å². The van der Waals surface area contributed by atoms with Crippen molar-refractivity contribution in [3.05, 3.63) is 59.2 Å². The van der Waals surface area contributed by atoms with Gasteiger partial charge in [-0.2, -0.15) is 35.9 Å². The molecule has 2 rings (SSSR count). The Morgan fingerprint density at radius 1 is 1.05 bits per heavy atom. The van der Waals surface area contributed by atoms with Crippen LogP contribution in [0.25, 0.3) is 0 Å². The molecule has 6 heteroatoms. The van der Waals surface area contributed by atoms with Gasteiger partial charge in [-0.3, -0.25) is 4.79 Å². The first-order chi connectivity index (χ1) is 17.5. The molecule has 0 aromatic heterocycles. The number of benzene rings is 1. The van der Waals surface area contributed by atoms with Gasteiger partial charge in [-0.15, -0.1) is 12.8 Å². The van der Waals surface area contributed by atoms with E-state index in [4.69, 9.17) is 9.47 Å². The standard InChI is InChI=1S/C19H29NO4.C9H11.2C2H6.Na/c1-7-10-16(14(3)17(21)23-8-2)15-11-9-12-20(13-15)18(22)24-19(4,5)6;1-8(2)9-6-4-3-5-7-9;2*1-2;/h14H,7-9,12-13H2,1-6H3;4-8H,1-2H3;2*1-2H3;/q-2;-1;;;+1. The molecule has 0 fully saturated rings. The molecule has 38 heavy (non-hydrogen) atoms. The van der Waals surface area contributed by atoms with Gasteiger partial charge in [-0.1, -0.05) is 55.4 Å². The van der Waals surface area contributed by atoms with Crippen molar-refractivity contribution in [2.24, 2.45) is 5.92 Å². The molecular weight excluding hydrogens is 485 g/mol. The van der Waals surface area contributed by atoms with E-state index >= 15 is 0 Å². The number of ether oxygens (including phenoxy) is 2. The van der Waals surface area contributed by atoms with E-state index in [1.807, 2.05) is 67.5 Å².